The van der Waals surface area contributed by atoms with Crippen molar-refractivity contribution >= 4 is 5.91 Å². The second-order valence-corrected chi connectivity index (χ2v) is 9.83. The van der Waals surface area contributed by atoms with Gasteiger partial charge in [-0.3, -0.25) is 14.6 Å². The molecule has 0 aromatic heterocycles. The smallest absolute Gasteiger partial charge is 0.263 e. The number of alkyl halides is 4. The Morgan fingerprint density at radius 1 is 0.833 bits per heavy atom. The monoisotopic (exact) mass is 505 g/mol. The number of carbonyl (C=O) groups is 1. The van der Waals surface area contributed by atoms with E-state index in [1.807, 2.05) is 30.3 Å². The number of hydrogen-bond acceptors (Lipinski definition) is 3. The number of rotatable bonds is 9. The van der Waals surface area contributed by atoms with E-state index in [0.29, 0.717) is 11.6 Å². The topological polar surface area (TPSA) is 35.6 Å². The fraction of sp³-hybridized carbons (Fsp3) is 0.536. The Bertz CT molecular complexity index is 948. The molecule has 2 aromatic carbocycles. The summed E-state index contributed by atoms with van der Waals surface area (Å²) in [6.45, 7) is 3.62. The highest BCUT2D eigenvalue weighted by molar-refractivity contribution is 5.83. The second kappa shape index (κ2) is 12.7. The number of halogens is 4. The van der Waals surface area contributed by atoms with E-state index in [1.165, 1.54) is 44.2 Å². The van der Waals surface area contributed by atoms with E-state index in [2.05, 4.69) is 15.1 Å². The Labute approximate surface area is 210 Å². The Hall–Kier alpha value is -2.45. The van der Waals surface area contributed by atoms with Crippen molar-refractivity contribution in [2.45, 2.75) is 63.5 Å². The number of nitrogens with one attached hydrogen (secondary N) is 1. The molecule has 0 radical (unpaired) electrons. The standard InChI is InChI=1S/C28H35F4N3O/c29-26(30)22-17-20(18-23(19-22)27(31)32)11-12-33-28(36)25(21-7-3-1-4-8-21)35-15-13-34(14-16-35)24-9-5-2-6-10-24/h1,3-4,7-8,17-19,24-27H,2,5-6,9-16H2,(H,33,36). The van der Waals surface area contributed by atoms with Gasteiger partial charge >= 0.3 is 0 Å². The fourth-order valence-corrected chi connectivity index (χ4v) is 5.54. The van der Waals surface area contributed by atoms with Gasteiger partial charge in [0.15, 0.2) is 0 Å². The zero-order valence-corrected chi connectivity index (χ0v) is 20.5. The molecule has 4 nitrogen and oxygen atoms in total. The maximum atomic E-state index is 13.4. The highest BCUT2D eigenvalue weighted by atomic mass is 19.3. The molecule has 0 spiro atoms. The van der Waals surface area contributed by atoms with Crippen LogP contribution in [0.1, 0.15) is 73.3 Å². The van der Waals surface area contributed by atoms with Crippen LogP contribution in [0.5, 0.6) is 0 Å². The molecule has 1 saturated carbocycles. The van der Waals surface area contributed by atoms with Crippen LogP contribution in [0.15, 0.2) is 48.5 Å². The van der Waals surface area contributed by atoms with Gasteiger partial charge in [0, 0.05) is 49.9 Å². The lowest BCUT2D eigenvalue weighted by Gasteiger charge is -2.43. The SMILES string of the molecule is O=C(NCCc1cc(C(F)F)cc(C(F)F)c1)C(c1ccccc1)N1CCN(C2CCCCC2)CC1. The maximum absolute atomic E-state index is 13.4. The van der Waals surface area contributed by atoms with Crippen molar-refractivity contribution in [1.29, 1.82) is 0 Å². The molecular formula is C28H35F4N3O. The van der Waals surface area contributed by atoms with Gasteiger partial charge in [0.2, 0.25) is 5.91 Å². The first-order valence-electron chi connectivity index (χ1n) is 12.9. The summed E-state index contributed by atoms with van der Waals surface area (Å²) in [5, 5.41) is 2.93. The van der Waals surface area contributed by atoms with Crippen LogP contribution in [0.2, 0.25) is 0 Å². The Morgan fingerprint density at radius 2 is 1.44 bits per heavy atom. The number of benzene rings is 2. The first kappa shape index (κ1) is 26.6. The summed E-state index contributed by atoms with van der Waals surface area (Å²) in [5.74, 6) is -0.161. The highest BCUT2D eigenvalue weighted by Gasteiger charge is 2.32. The lowest BCUT2D eigenvalue weighted by atomic mass is 9.93. The van der Waals surface area contributed by atoms with Crippen molar-refractivity contribution in [1.82, 2.24) is 15.1 Å². The average molecular weight is 506 g/mol. The van der Waals surface area contributed by atoms with Crippen molar-refractivity contribution < 1.29 is 22.4 Å². The summed E-state index contributed by atoms with van der Waals surface area (Å²) in [6, 6.07) is 13.1. The van der Waals surface area contributed by atoms with E-state index in [9.17, 15) is 22.4 Å². The van der Waals surface area contributed by atoms with Gasteiger partial charge in [-0.2, -0.15) is 0 Å². The Kier molecular flexibility index (Phi) is 9.37. The van der Waals surface area contributed by atoms with Gasteiger partial charge < -0.3 is 5.32 Å². The van der Waals surface area contributed by atoms with Crippen LogP contribution >= 0.6 is 0 Å². The molecule has 8 heteroatoms. The summed E-state index contributed by atoms with van der Waals surface area (Å²) >= 11 is 0. The van der Waals surface area contributed by atoms with E-state index in [0.717, 1.165) is 37.8 Å². The van der Waals surface area contributed by atoms with E-state index >= 15 is 0 Å². The zero-order valence-electron chi connectivity index (χ0n) is 20.5. The van der Waals surface area contributed by atoms with Gasteiger partial charge in [-0.1, -0.05) is 61.7 Å². The van der Waals surface area contributed by atoms with Crippen LogP contribution in [0.4, 0.5) is 17.6 Å². The van der Waals surface area contributed by atoms with Crippen LogP contribution < -0.4 is 5.32 Å². The van der Waals surface area contributed by atoms with E-state index in [4.69, 9.17) is 0 Å². The number of carbonyl (C=O) groups excluding carboxylic acids is 1. The van der Waals surface area contributed by atoms with E-state index < -0.39 is 30.0 Å². The Morgan fingerprint density at radius 3 is 2.03 bits per heavy atom. The van der Waals surface area contributed by atoms with Crippen molar-refractivity contribution in [3.8, 4) is 0 Å². The van der Waals surface area contributed by atoms with Gasteiger partial charge in [0.25, 0.3) is 12.9 Å². The Balaban J connectivity index is 1.40. The molecule has 1 atom stereocenters. The van der Waals surface area contributed by atoms with Crippen LogP contribution in [0.25, 0.3) is 0 Å². The number of piperazine rings is 1. The van der Waals surface area contributed by atoms with Gasteiger partial charge in [-0.15, -0.1) is 0 Å². The molecule has 2 aliphatic rings. The molecule has 2 fully saturated rings. The molecule has 4 rings (SSSR count). The molecule has 1 aliphatic heterocycles. The van der Waals surface area contributed by atoms with Gasteiger partial charge in [-0.05, 0) is 36.5 Å². The summed E-state index contributed by atoms with van der Waals surface area (Å²) in [7, 11) is 0. The summed E-state index contributed by atoms with van der Waals surface area (Å²) < 4.78 is 52.7. The summed E-state index contributed by atoms with van der Waals surface area (Å²) in [6.07, 6.45) is 0.952. The summed E-state index contributed by atoms with van der Waals surface area (Å²) in [5.41, 5.74) is 0.417. The normalized spacial score (nSPS) is 19.1. The number of amides is 1. The largest absolute Gasteiger partial charge is 0.354 e. The van der Waals surface area contributed by atoms with E-state index in [-0.39, 0.29) is 18.9 Å². The van der Waals surface area contributed by atoms with Crippen molar-refractivity contribution in [2.75, 3.05) is 32.7 Å². The third-order valence-corrected chi connectivity index (χ3v) is 7.42. The second-order valence-electron chi connectivity index (χ2n) is 9.83. The first-order valence-corrected chi connectivity index (χ1v) is 12.9. The molecule has 1 saturated heterocycles. The molecule has 1 aliphatic carbocycles. The summed E-state index contributed by atoms with van der Waals surface area (Å²) in [4.78, 5) is 18.1. The van der Waals surface area contributed by atoms with Gasteiger partial charge in [-0.25, -0.2) is 17.6 Å². The molecular weight excluding hydrogens is 470 g/mol. The molecule has 1 heterocycles. The van der Waals surface area contributed by atoms with Gasteiger partial charge in [0.1, 0.15) is 6.04 Å². The number of hydrogen-bond donors (Lipinski definition) is 1. The fourth-order valence-electron chi connectivity index (χ4n) is 5.54. The van der Waals surface area contributed by atoms with Crippen LogP contribution in [-0.4, -0.2) is 54.5 Å². The minimum Gasteiger partial charge on any atom is -0.354 e. The maximum Gasteiger partial charge on any atom is 0.263 e. The van der Waals surface area contributed by atoms with Gasteiger partial charge in [0.05, 0.1) is 0 Å². The molecule has 36 heavy (non-hydrogen) atoms. The third-order valence-electron chi connectivity index (χ3n) is 7.42. The zero-order chi connectivity index (χ0) is 25.5. The van der Waals surface area contributed by atoms with Crippen LogP contribution in [0, 0.1) is 0 Å². The van der Waals surface area contributed by atoms with Crippen molar-refractivity contribution in [3.63, 3.8) is 0 Å². The quantitative estimate of drug-likeness (QED) is 0.430. The highest BCUT2D eigenvalue weighted by Crippen LogP contribution is 2.29. The lowest BCUT2D eigenvalue weighted by molar-refractivity contribution is -0.127. The predicted molar refractivity (Wildman–Crippen MR) is 132 cm³/mol. The third kappa shape index (κ3) is 6.85. The first-order chi connectivity index (χ1) is 17.4. The van der Waals surface area contributed by atoms with Crippen molar-refractivity contribution in [3.05, 3.63) is 70.8 Å². The lowest BCUT2D eigenvalue weighted by Crippen LogP contribution is -2.53. The molecule has 1 amide bonds. The van der Waals surface area contributed by atoms with Crippen LogP contribution in [-0.2, 0) is 11.2 Å². The van der Waals surface area contributed by atoms with E-state index in [1.54, 1.807) is 0 Å². The molecule has 1 N–H and O–H groups in total. The molecule has 0 bridgehead atoms. The molecule has 2 aromatic rings. The predicted octanol–water partition coefficient (Wildman–Crippen LogP) is 5.91. The van der Waals surface area contributed by atoms with Crippen LogP contribution in [0.3, 0.4) is 0 Å². The number of nitrogens with zero attached hydrogens (tertiary/aromatic N) is 2. The molecule has 1 unspecified atom stereocenters. The molecule has 196 valence electrons. The van der Waals surface area contributed by atoms with Crippen molar-refractivity contribution in [2.24, 2.45) is 0 Å². The average Bonchev–Trinajstić information content (AvgIpc) is 2.90. The minimum absolute atomic E-state index is 0.161. The minimum atomic E-state index is -2.83.